The molecule has 6 heterocycles. The Hall–Kier alpha value is -3.72. The highest BCUT2D eigenvalue weighted by atomic mass is 32.1. The van der Waals surface area contributed by atoms with E-state index in [1.807, 2.05) is 35.0 Å². The molecule has 7 rings (SSSR count). The largest absolute Gasteiger partial charge is 0.378 e. The summed E-state index contributed by atoms with van der Waals surface area (Å²) in [6.07, 6.45) is 5.16. The minimum atomic E-state index is 0.0818. The van der Waals surface area contributed by atoms with E-state index in [9.17, 15) is 9.59 Å². The van der Waals surface area contributed by atoms with Crippen LogP contribution in [0.2, 0.25) is 0 Å². The van der Waals surface area contributed by atoms with Gasteiger partial charge in [-0.15, -0.1) is 22.7 Å². The van der Waals surface area contributed by atoms with Crippen LogP contribution in [0.4, 0.5) is 10.3 Å². The van der Waals surface area contributed by atoms with Crippen LogP contribution in [-0.2, 0) is 44.7 Å². The minimum Gasteiger partial charge on any atom is -0.378 e. The molecule has 0 N–H and O–H groups in total. The molecule has 48 heavy (non-hydrogen) atoms. The molecule has 4 aromatic heterocycles. The van der Waals surface area contributed by atoms with Crippen LogP contribution in [0.3, 0.4) is 0 Å². The topological polar surface area (TPSA) is 136 Å². The molecule has 252 valence electrons. The smallest absolute Gasteiger partial charge is 0.185 e. The van der Waals surface area contributed by atoms with Gasteiger partial charge in [0.2, 0.25) is 0 Å². The summed E-state index contributed by atoms with van der Waals surface area (Å²) >= 11 is 3.16. The second-order valence-electron chi connectivity index (χ2n) is 12.7. The molecule has 1 saturated carbocycles. The number of ketones is 2. The quantitative estimate of drug-likeness (QED) is 0.213. The van der Waals surface area contributed by atoms with Crippen LogP contribution in [0.15, 0.2) is 35.0 Å². The predicted molar refractivity (Wildman–Crippen MR) is 183 cm³/mol. The van der Waals surface area contributed by atoms with Gasteiger partial charge in [-0.25, -0.2) is 9.97 Å². The normalized spacial score (nSPS) is 20.2. The second-order valence-corrected chi connectivity index (χ2v) is 14.4. The second kappa shape index (κ2) is 15.7. The molecule has 14 heteroatoms. The fraction of sp³-hybridized carbons (Fsp3) is 0.529. The van der Waals surface area contributed by atoms with Gasteiger partial charge in [-0.05, 0) is 43.5 Å². The summed E-state index contributed by atoms with van der Waals surface area (Å²) in [5.74, 6) is 0.716. The summed E-state index contributed by atoms with van der Waals surface area (Å²) in [7, 11) is 0. The Morgan fingerprint density at radius 2 is 1.06 bits per heavy atom. The van der Waals surface area contributed by atoms with Crippen LogP contribution in [0.25, 0.3) is 0 Å². The molecule has 0 bridgehead atoms. The molecule has 0 aromatic carbocycles. The van der Waals surface area contributed by atoms with Gasteiger partial charge in [-0.3, -0.25) is 9.59 Å². The molecule has 2 atom stereocenters. The Balaban J connectivity index is 0.878. The number of rotatable bonds is 12. The number of hydrogen-bond acceptors (Lipinski definition) is 14. The van der Waals surface area contributed by atoms with E-state index in [1.165, 1.54) is 0 Å². The SMILES string of the molecule is O=C(Cc1ccc([C@H]2CCC[C@H](c3ccc(CC(=O)Cc4csc(N5CCOCC5)n4)nn3)C2)nn1)Cc1csc(N2CCOCC2)n1. The summed E-state index contributed by atoms with van der Waals surface area (Å²) in [5, 5.41) is 23.8. The van der Waals surface area contributed by atoms with E-state index in [-0.39, 0.29) is 36.2 Å². The number of hydrogen-bond donors (Lipinski definition) is 0. The third-order valence-corrected chi connectivity index (χ3v) is 11.0. The molecule has 0 amide bonds. The maximum atomic E-state index is 12.8. The lowest BCUT2D eigenvalue weighted by atomic mass is 9.78. The molecular weight excluding hydrogens is 649 g/mol. The van der Waals surface area contributed by atoms with Crippen molar-refractivity contribution in [1.82, 2.24) is 30.4 Å². The van der Waals surface area contributed by atoms with Crippen molar-refractivity contribution in [3.8, 4) is 0 Å². The van der Waals surface area contributed by atoms with E-state index in [0.29, 0.717) is 50.7 Å². The Labute approximate surface area is 287 Å². The molecule has 0 spiro atoms. The van der Waals surface area contributed by atoms with Crippen LogP contribution in [0, 0.1) is 0 Å². The highest BCUT2D eigenvalue weighted by Gasteiger charge is 2.27. The average Bonchev–Trinajstić information content (AvgIpc) is 3.80. The minimum absolute atomic E-state index is 0.0818. The molecular formula is C34H40N8O4S2. The maximum Gasteiger partial charge on any atom is 0.185 e. The van der Waals surface area contributed by atoms with Gasteiger partial charge in [-0.1, -0.05) is 6.42 Å². The monoisotopic (exact) mass is 688 g/mol. The first-order valence-corrected chi connectivity index (χ1v) is 18.5. The lowest BCUT2D eigenvalue weighted by Crippen LogP contribution is -2.36. The molecule has 3 fully saturated rings. The summed E-state index contributed by atoms with van der Waals surface area (Å²) < 4.78 is 10.8. The van der Waals surface area contributed by atoms with Crippen molar-refractivity contribution in [2.24, 2.45) is 0 Å². The van der Waals surface area contributed by atoms with Crippen LogP contribution in [0.5, 0.6) is 0 Å². The highest BCUT2D eigenvalue weighted by Crippen LogP contribution is 2.40. The zero-order chi connectivity index (χ0) is 32.7. The molecule has 0 radical (unpaired) electrons. The van der Waals surface area contributed by atoms with Crippen molar-refractivity contribution in [2.75, 3.05) is 62.4 Å². The third kappa shape index (κ3) is 8.46. The fourth-order valence-corrected chi connectivity index (χ4v) is 8.34. The first-order chi connectivity index (χ1) is 23.6. The summed E-state index contributed by atoms with van der Waals surface area (Å²) in [6, 6.07) is 7.92. The van der Waals surface area contributed by atoms with Gasteiger partial charge in [0.15, 0.2) is 10.3 Å². The standard InChI is InChI=1S/C34H40N8O4S2/c43-29(19-27-21-47-33(35-27)41-8-12-45-13-9-41)17-25-4-6-31(39-37-25)23-2-1-3-24(16-23)32-7-5-26(38-40-32)18-30(44)20-28-22-48-34(36-28)42-10-14-46-15-11-42/h4-7,21-24H,1-3,8-20H2/t23-,24-/m0/s1. The van der Waals surface area contributed by atoms with Gasteiger partial charge in [0.25, 0.3) is 0 Å². The summed E-state index contributed by atoms with van der Waals surface area (Å²) in [4.78, 5) is 39.4. The molecule has 1 aliphatic carbocycles. The Morgan fingerprint density at radius 3 is 1.48 bits per heavy atom. The van der Waals surface area contributed by atoms with Gasteiger partial charge in [0.1, 0.15) is 11.6 Å². The van der Waals surface area contributed by atoms with E-state index >= 15 is 0 Å². The van der Waals surface area contributed by atoms with E-state index in [4.69, 9.17) is 9.47 Å². The molecule has 12 nitrogen and oxygen atoms in total. The van der Waals surface area contributed by atoms with Crippen molar-refractivity contribution in [2.45, 2.75) is 63.2 Å². The van der Waals surface area contributed by atoms with Crippen LogP contribution < -0.4 is 9.80 Å². The van der Waals surface area contributed by atoms with Crippen molar-refractivity contribution in [3.05, 3.63) is 69.2 Å². The fourth-order valence-electron chi connectivity index (χ4n) is 6.58. The van der Waals surface area contributed by atoms with Crippen LogP contribution in [0.1, 0.15) is 71.7 Å². The molecule has 2 aliphatic heterocycles. The number of thiazole rings is 2. The number of ether oxygens (including phenoxy) is 2. The predicted octanol–water partition coefficient (Wildman–Crippen LogP) is 4.00. The zero-order valence-electron chi connectivity index (χ0n) is 27.0. The maximum absolute atomic E-state index is 12.8. The molecule has 2 saturated heterocycles. The molecule has 0 unspecified atom stereocenters. The van der Waals surface area contributed by atoms with Gasteiger partial charge in [0, 0.05) is 48.8 Å². The van der Waals surface area contributed by atoms with E-state index < -0.39 is 0 Å². The molecule has 4 aromatic rings. The first-order valence-electron chi connectivity index (χ1n) is 16.8. The number of aromatic nitrogens is 6. The van der Waals surface area contributed by atoms with E-state index in [2.05, 4.69) is 40.2 Å². The lowest BCUT2D eigenvalue weighted by Gasteiger charge is -2.28. The van der Waals surface area contributed by atoms with Gasteiger partial charge in [-0.2, -0.15) is 20.4 Å². The molecule has 3 aliphatic rings. The van der Waals surface area contributed by atoms with Crippen molar-refractivity contribution in [3.63, 3.8) is 0 Å². The Bertz CT molecular complexity index is 1550. The number of anilines is 2. The number of Topliss-reactive ketones (excluding diaryl/α,β-unsaturated/α-hetero) is 2. The highest BCUT2D eigenvalue weighted by molar-refractivity contribution is 7.14. The summed E-state index contributed by atoms with van der Waals surface area (Å²) in [6.45, 7) is 6.17. The summed E-state index contributed by atoms with van der Waals surface area (Å²) in [5.41, 5.74) is 4.90. The van der Waals surface area contributed by atoms with Crippen molar-refractivity contribution >= 4 is 44.5 Å². The number of nitrogens with zero attached hydrogens (tertiary/aromatic N) is 8. The lowest BCUT2D eigenvalue weighted by molar-refractivity contribution is -0.118. The Morgan fingerprint density at radius 1 is 0.625 bits per heavy atom. The van der Waals surface area contributed by atoms with Crippen molar-refractivity contribution < 1.29 is 19.1 Å². The Kier molecular flexibility index (Phi) is 10.7. The van der Waals surface area contributed by atoms with E-state index in [0.717, 1.165) is 84.9 Å². The van der Waals surface area contributed by atoms with Crippen LogP contribution in [-0.4, -0.2) is 94.5 Å². The first kappa shape index (κ1) is 32.8. The number of carbonyl (C=O) groups is 2. The number of carbonyl (C=O) groups excluding carboxylic acids is 2. The van der Waals surface area contributed by atoms with Crippen molar-refractivity contribution in [1.29, 1.82) is 0 Å². The van der Waals surface area contributed by atoms with Gasteiger partial charge in [0.05, 0.1) is 86.3 Å². The number of morpholine rings is 2. The average molecular weight is 689 g/mol. The third-order valence-electron chi connectivity index (χ3n) is 9.15. The zero-order valence-corrected chi connectivity index (χ0v) is 28.6. The van der Waals surface area contributed by atoms with E-state index in [1.54, 1.807) is 22.7 Å². The van der Waals surface area contributed by atoms with Gasteiger partial charge >= 0.3 is 0 Å². The van der Waals surface area contributed by atoms with Crippen LogP contribution >= 0.6 is 22.7 Å². The van der Waals surface area contributed by atoms with Gasteiger partial charge < -0.3 is 19.3 Å².